The molecule has 182 valence electrons. The topological polar surface area (TPSA) is 72.7 Å². The molecule has 35 heavy (non-hydrogen) atoms. The quantitative estimate of drug-likeness (QED) is 0.455. The third-order valence-corrected chi connectivity index (χ3v) is 9.30. The van der Waals surface area contributed by atoms with Gasteiger partial charge < -0.3 is 5.32 Å². The first-order valence-corrected chi connectivity index (χ1v) is 13.5. The molecule has 1 atom stereocenters. The summed E-state index contributed by atoms with van der Waals surface area (Å²) in [5, 5.41) is 12.7. The van der Waals surface area contributed by atoms with Crippen molar-refractivity contribution in [1.29, 1.82) is 0 Å². The Kier molecular flexibility index (Phi) is 5.87. The summed E-state index contributed by atoms with van der Waals surface area (Å²) in [7, 11) is 0. The number of aromatic nitrogens is 4. The van der Waals surface area contributed by atoms with Crippen molar-refractivity contribution in [3.05, 3.63) is 54.6 Å². The van der Waals surface area contributed by atoms with E-state index in [-0.39, 0.29) is 28.9 Å². The summed E-state index contributed by atoms with van der Waals surface area (Å²) in [6.45, 7) is 2.21. The van der Waals surface area contributed by atoms with E-state index < -0.39 is 0 Å². The number of rotatable bonds is 7. The van der Waals surface area contributed by atoms with E-state index in [4.69, 9.17) is 0 Å². The lowest BCUT2D eigenvalue weighted by molar-refractivity contribution is -0.123. The molecule has 6 nitrogen and oxygen atoms in total. The van der Waals surface area contributed by atoms with Gasteiger partial charge in [-0.15, -0.1) is 10.2 Å². The number of halogens is 1. The standard InChI is InChI=1S/C27H30FN5OS/c1-17(27-13-18-10-19(14-27)12-20(11-18)15-27)30-24(34)16-35-26-32-31-25(21-6-8-29-9-7-21)33(26)23-4-2-22(28)3-5-23/h2-9,17-20H,10-16H2,1H3,(H,30,34). The Bertz CT molecular complexity index is 1180. The van der Waals surface area contributed by atoms with Gasteiger partial charge in [0, 0.05) is 29.7 Å². The number of nitrogens with one attached hydrogen (secondary N) is 1. The van der Waals surface area contributed by atoms with Crippen molar-refractivity contribution < 1.29 is 9.18 Å². The minimum Gasteiger partial charge on any atom is -0.352 e. The van der Waals surface area contributed by atoms with Gasteiger partial charge in [-0.1, -0.05) is 11.8 Å². The molecule has 4 saturated carbocycles. The summed E-state index contributed by atoms with van der Waals surface area (Å²) in [6, 6.07) is 10.1. The zero-order chi connectivity index (χ0) is 24.0. The molecule has 4 bridgehead atoms. The first kappa shape index (κ1) is 22.7. The molecule has 1 unspecified atom stereocenters. The van der Waals surface area contributed by atoms with Crippen LogP contribution >= 0.6 is 11.8 Å². The normalized spacial score (nSPS) is 27.7. The summed E-state index contributed by atoms with van der Waals surface area (Å²) in [5.41, 5.74) is 1.87. The molecule has 4 aliphatic carbocycles. The molecule has 3 aromatic rings. The van der Waals surface area contributed by atoms with Gasteiger partial charge >= 0.3 is 0 Å². The largest absolute Gasteiger partial charge is 0.352 e. The average Bonchev–Trinajstić information content (AvgIpc) is 3.27. The van der Waals surface area contributed by atoms with Crippen LogP contribution in [0.4, 0.5) is 4.39 Å². The highest BCUT2D eigenvalue weighted by atomic mass is 32.2. The number of thioether (sulfide) groups is 1. The van der Waals surface area contributed by atoms with Gasteiger partial charge in [-0.3, -0.25) is 14.3 Å². The van der Waals surface area contributed by atoms with Gasteiger partial charge in [-0.05, 0) is 105 Å². The first-order chi connectivity index (χ1) is 17.0. The third kappa shape index (κ3) is 4.37. The Labute approximate surface area is 209 Å². The molecule has 2 heterocycles. The molecule has 0 spiro atoms. The molecule has 1 N–H and O–H groups in total. The van der Waals surface area contributed by atoms with E-state index in [1.54, 1.807) is 24.5 Å². The second kappa shape index (κ2) is 9.04. The van der Waals surface area contributed by atoms with Crippen LogP contribution in [-0.2, 0) is 4.79 Å². The zero-order valence-electron chi connectivity index (χ0n) is 19.9. The van der Waals surface area contributed by atoms with Crippen LogP contribution in [0.5, 0.6) is 0 Å². The van der Waals surface area contributed by atoms with E-state index in [9.17, 15) is 9.18 Å². The molecule has 1 amide bonds. The molecule has 0 saturated heterocycles. The van der Waals surface area contributed by atoms with Gasteiger partial charge in [0.25, 0.3) is 0 Å². The fourth-order valence-electron chi connectivity index (χ4n) is 7.15. The van der Waals surface area contributed by atoms with Gasteiger partial charge in [0.2, 0.25) is 5.91 Å². The molecule has 2 aromatic heterocycles. The Morgan fingerprint density at radius 1 is 1.06 bits per heavy atom. The maximum absolute atomic E-state index is 13.6. The third-order valence-electron chi connectivity index (χ3n) is 8.37. The second-order valence-corrected chi connectivity index (χ2v) is 11.7. The predicted molar refractivity (Wildman–Crippen MR) is 133 cm³/mol. The van der Waals surface area contributed by atoms with Crippen molar-refractivity contribution in [1.82, 2.24) is 25.1 Å². The van der Waals surface area contributed by atoms with Crippen molar-refractivity contribution in [2.45, 2.75) is 56.6 Å². The van der Waals surface area contributed by atoms with Crippen molar-refractivity contribution in [2.24, 2.45) is 23.2 Å². The van der Waals surface area contributed by atoms with E-state index in [0.717, 1.165) is 29.0 Å². The molecule has 8 heteroatoms. The fourth-order valence-corrected chi connectivity index (χ4v) is 7.91. The number of hydrogen-bond acceptors (Lipinski definition) is 5. The SMILES string of the molecule is CC(NC(=O)CSc1nnc(-c2ccncc2)n1-c1ccc(F)cc1)C12CC3CC(CC(C3)C1)C2. The van der Waals surface area contributed by atoms with Crippen LogP contribution in [0.1, 0.15) is 45.4 Å². The summed E-state index contributed by atoms with van der Waals surface area (Å²) in [4.78, 5) is 17.1. The van der Waals surface area contributed by atoms with Crippen LogP contribution in [0.25, 0.3) is 17.1 Å². The number of amides is 1. The highest BCUT2D eigenvalue weighted by molar-refractivity contribution is 7.99. The molecular formula is C27H30FN5OS. The smallest absolute Gasteiger partial charge is 0.230 e. The summed E-state index contributed by atoms with van der Waals surface area (Å²) in [6.07, 6.45) is 11.4. The lowest BCUT2D eigenvalue weighted by Gasteiger charge is -2.59. The van der Waals surface area contributed by atoms with Crippen LogP contribution in [0, 0.1) is 29.0 Å². The monoisotopic (exact) mass is 491 g/mol. The Morgan fingerprint density at radius 3 is 2.31 bits per heavy atom. The van der Waals surface area contributed by atoms with Crippen molar-refractivity contribution in [3.8, 4) is 17.1 Å². The fraction of sp³-hybridized carbons (Fsp3) is 0.481. The van der Waals surface area contributed by atoms with Gasteiger partial charge in [0.1, 0.15) is 5.82 Å². The minimum absolute atomic E-state index is 0.0253. The van der Waals surface area contributed by atoms with Gasteiger partial charge in [0.15, 0.2) is 11.0 Å². The van der Waals surface area contributed by atoms with E-state index >= 15 is 0 Å². The van der Waals surface area contributed by atoms with Gasteiger partial charge in [-0.2, -0.15) is 0 Å². The first-order valence-electron chi connectivity index (χ1n) is 12.5. The lowest BCUT2D eigenvalue weighted by Crippen LogP contribution is -2.56. The van der Waals surface area contributed by atoms with Gasteiger partial charge in [0.05, 0.1) is 5.75 Å². The highest BCUT2D eigenvalue weighted by Crippen LogP contribution is 2.61. The van der Waals surface area contributed by atoms with Crippen molar-refractivity contribution in [3.63, 3.8) is 0 Å². The number of nitrogens with zero attached hydrogens (tertiary/aromatic N) is 4. The number of pyridine rings is 1. The van der Waals surface area contributed by atoms with Crippen LogP contribution in [0.15, 0.2) is 53.9 Å². The summed E-state index contributed by atoms with van der Waals surface area (Å²) >= 11 is 1.36. The van der Waals surface area contributed by atoms with Crippen LogP contribution in [-0.4, -0.2) is 37.5 Å². The Hall–Kier alpha value is -2.74. The lowest BCUT2D eigenvalue weighted by atomic mass is 9.48. The zero-order valence-corrected chi connectivity index (χ0v) is 20.7. The minimum atomic E-state index is -0.306. The molecule has 0 aliphatic heterocycles. The maximum atomic E-state index is 13.6. The molecule has 4 fully saturated rings. The molecule has 7 rings (SSSR count). The Balaban J connectivity index is 1.18. The number of carbonyl (C=O) groups is 1. The highest BCUT2D eigenvalue weighted by Gasteiger charge is 2.53. The van der Waals surface area contributed by atoms with E-state index in [0.29, 0.717) is 11.0 Å². The van der Waals surface area contributed by atoms with Crippen LogP contribution < -0.4 is 5.32 Å². The van der Waals surface area contributed by atoms with E-state index in [1.807, 2.05) is 16.7 Å². The van der Waals surface area contributed by atoms with Crippen LogP contribution in [0.2, 0.25) is 0 Å². The number of benzene rings is 1. The van der Waals surface area contributed by atoms with Crippen molar-refractivity contribution in [2.75, 3.05) is 5.75 Å². The van der Waals surface area contributed by atoms with Crippen LogP contribution in [0.3, 0.4) is 0 Å². The van der Waals surface area contributed by atoms with E-state index in [1.165, 1.54) is 62.4 Å². The average molecular weight is 492 g/mol. The van der Waals surface area contributed by atoms with Gasteiger partial charge in [-0.25, -0.2) is 4.39 Å². The molecule has 1 aromatic carbocycles. The molecule has 4 aliphatic rings. The maximum Gasteiger partial charge on any atom is 0.230 e. The number of carbonyl (C=O) groups excluding carboxylic acids is 1. The second-order valence-electron chi connectivity index (χ2n) is 10.7. The van der Waals surface area contributed by atoms with Crippen molar-refractivity contribution >= 4 is 17.7 Å². The molecular weight excluding hydrogens is 461 g/mol. The van der Waals surface area contributed by atoms with E-state index in [2.05, 4.69) is 27.4 Å². The molecule has 0 radical (unpaired) electrons. The summed E-state index contributed by atoms with van der Waals surface area (Å²) < 4.78 is 15.5. The number of hydrogen-bond donors (Lipinski definition) is 1. The summed E-state index contributed by atoms with van der Waals surface area (Å²) in [5.74, 6) is 3.18. The predicted octanol–water partition coefficient (Wildman–Crippen LogP) is 5.28. The Morgan fingerprint density at radius 2 is 1.69 bits per heavy atom.